The van der Waals surface area contributed by atoms with Gasteiger partial charge in [0.2, 0.25) is 5.91 Å². The lowest BCUT2D eigenvalue weighted by atomic mass is 9.83. The van der Waals surface area contributed by atoms with Crippen molar-refractivity contribution in [2.45, 2.75) is 30.1 Å². The summed E-state index contributed by atoms with van der Waals surface area (Å²) in [5, 5.41) is 18.2. The number of rotatable bonds is 7. The second-order valence-electron chi connectivity index (χ2n) is 8.47. The number of benzene rings is 2. The lowest BCUT2D eigenvalue weighted by Gasteiger charge is -2.22. The van der Waals surface area contributed by atoms with Gasteiger partial charge in [-0.15, -0.1) is 34.4 Å². The monoisotopic (exact) mass is 529 g/mol. The zero-order valence-electron chi connectivity index (χ0n) is 19.3. The summed E-state index contributed by atoms with van der Waals surface area (Å²) in [6, 6.07) is 23.9. The van der Waals surface area contributed by atoms with Gasteiger partial charge in [-0.05, 0) is 66.0 Å². The third kappa shape index (κ3) is 5.54. The van der Waals surface area contributed by atoms with Crippen LogP contribution in [-0.4, -0.2) is 17.6 Å². The SMILES string of the molecule is N#Cc1c(NC(=O)CSc2cccc(NC(=O)c3cccs3)c2)sc2c1CCC(c1ccccc1)C2. The molecule has 0 radical (unpaired) electrons. The lowest BCUT2D eigenvalue weighted by Crippen LogP contribution is -2.14. The standard InChI is InChI=1S/C28H23N3O2S3/c29-16-23-22-12-11-19(18-6-2-1-3-7-18)14-25(22)36-28(23)31-26(32)17-35-21-9-4-8-20(15-21)30-27(33)24-10-5-13-34-24/h1-10,13,15,19H,11-12,14,17H2,(H,30,33)(H,31,32). The molecular weight excluding hydrogens is 507 g/mol. The number of nitrogens with zero attached hydrogens (tertiary/aromatic N) is 1. The second-order valence-corrected chi connectivity index (χ2v) is 11.6. The Kier molecular flexibility index (Phi) is 7.52. The van der Waals surface area contributed by atoms with E-state index in [1.807, 2.05) is 41.8 Å². The molecule has 5 nitrogen and oxygen atoms in total. The summed E-state index contributed by atoms with van der Waals surface area (Å²) in [6.45, 7) is 0. The predicted octanol–water partition coefficient (Wildman–Crippen LogP) is 6.94. The Hall–Kier alpha value is -3.38. The van der Waals surface area contributed by atoms with Gasteiger partial charge in [0.15, 0.2) is 0 Å². The van der Waals surface area contributed by atoms with Gasteiger partial charge in [-0.2, -0.15) is 5.26 Å². The highest BCUT2D eigenvalue weighted by Crippen LogP contribution is 2.42. The number of thioether (sulfide) groups is 1. The van der Waals surface area contributed by atoms with Gasteiger partial charge in [0.05, 0.1) is 16.2 Å². The minimum Gasteiger partial charge on any atom is -0.321 e. The number of carbonyl (C=O) groups is 2. The highest BCUT2D eigenvalue weighted by Gasteiger charge is 2.27. The Bertz CT molecular complexity index is 1420. The molecule has 2 aromatic heterocycles. The van der Waals surface area contributed by atoms with E-state index < -0.39 is 0 Å². The molecule has 4 aromatic rings. The van der Waals surface area contributed by atoms with E-state index in [1.54, 1.807) is 6.07 Å². The highest BCUT2D eigenvalue weighted by atomic mass is 32.2. The van der Waals surface area contributed by atoms with Crippen molar-refractivity contribution in [2.75, 3.05) is 16.4 Å². The van der Waals surface area contributed by atoms with E-state index in [9.17, 15) is 14.9 Å². The molecule has 1 aliphatic rings. The van der Waals surface area contributed by atoms with Crippen molar-refractivity contribution in [1.82, 2.24) is 0 Å². The first kappa shape index (κ1) is 24.3. The molecule has 2 aromatic carbocycles. The van der Waals surface area contributed by atoms with Gasteiger partial charge in [0.25, 0.3) is 5.91 Å². The van der Waals surface area contributed by atoms with Gasteiger partial charge >= 0.3 is 0 Å². The number of anilines is 2. The van der Waals surface area contributed by atoms with Crippen LogP contribution in [0.4, 0.5) is 10.7 Å². The zero-order chi connectivity index (χ0) is 24.9. The van der Waals surface area contributed by atoms with Crippen molar-refractivity contribution in [1.29, 1.82) is 5.26 Å². The van der Waals surface area contributed by atoms with Crippen LogP contribution in [0.5, 0.6) is 0 Å². The Morgan fingerprint density at radius 1 is 1.06 bits per heavy atom. The fourth-order valence-corrected chi connectivity index (χ4v) is 7.05. The van der Waals surface area contributed by atoms with E-state index in [4.69, 9.17) is 0 Å². The van der Waals surface area contributed by atoms with E-state index in [2.05, 4.69) is 41.0 Å². The predicted molar refractivity (Wildman–Crippen MR) is 148 cm³/mol. The zero-order valence-corrected chi connectivity index (χ0v) is 21.8. The van der Waals surface area contributed by atoms with Gasteiger partial charge in [-0.3, -0.25) is 9.59 Å². The maximum absolute atomic E-state index is 12.8. The third-order valence-electron chi connectivity index (χ3n) is 6.11. The molecular formula is C28H23N3O2S3. The first-order valence-electron chi connectivity index (χ1n) is 11.6. The van der Waals surface area contributed by atoms with Crippen LogP contribution in [0.2, 0.25) is 0 Å². The van der Waals surface area contributed by atoms with Gasteiger partial charge in [-0.1, -0.05) is 42.5 Å². The minimum absolute atomic E-state index is 0.148. The first-order valence-corrected chi connectivity index (χ1v) is 14.3. The van der Waals surface area contributed by atoms with Crippen LogP contribution in [0, 0.1) is 11.3 Å². The number of fused-ring (bicyclic) bond motifs is 1. The number of hydrogen-bond donors (Lipinski definition) is 2. The number of hydrogen-bond acceptors (Lipinski definition) is 6. The number of thiophene rings is 2. The van der Waals surface area contributed by atoms with Crippen LogP contribution < -0.4 is 10.6 Å². The smallest absolute Gasteiger partial charge is 0.265 e. The summed E-state index contributed by atoms with van der Waals surface area (Å²) in [6.07, 6.45) is 2.75. The number of nitriles is 1. The van der Waals surface area contributed by atoms with Crippen molar-refractivity contribution >= 4 is 56.9 Å². The molecule has 2 N–H and O–H groups in total. The molecule has 1 aliphatic carbocycles. The molecule has 2 heterocycles. The summed E-state index contributed by atoms with van der Waals surface area (Å²) in [5.74, 6) is 0.353. The van der Waals surface area contributed by atoms with Gasteiger partial charge in [0.1, 0.15) is 11.1 Å². The van der Waals surface area contributed by atoms with E-state index in [-0.39, 0.29) is 17.6 Å². The topological polar surface area (TPSA) is 82.0 Å². The summed E-state index contributed by atoms with van der Waals surface area (Å²) >= 11 is 4.32. The molecule has 36 heavy (non-hydrogen) atoms. The first-order chi connectivity index (χ1) is 17.6. The minimum atomic E-state index is -0.150. The van der Waals surface area contributed by atoms with E-state index in [0.717, 1.165) is 29.7 Å². The number of nitrogens with one attached hydrogen (secondary N) is 2. The average molecular weight is 530 g/mol. The highest BCUT2D eigenvalue weighted by molar-refractivity contribution is 8.00. The Labute approximate surface area is 222 Å². The molecule has 180 valence electrons. The maximum atomic E-state index is 12.8. The Balaban J connectivity index is 1.21. The van der Waals surface area contributed by atoms with E-state index in [0.29, 0.717) is 27.0 Å². The summed E-state index contributed by atoms with van der Waals surface area (Å²) in [4.78, 5) is 27.8. The maximum Gasteiger partial charge on any atom is 0.265 e. The molecule has 0 spiro atoms. The fourth-order valence-electron chi connectivity index (χ4n) is 4.38. The normalized spacial score (nSPS) is 14.5. The van der Waals surface area contributed by atoms with Crippen molar-refractivity contribution < 1.29 is 9.59 Å². The van der Waals surface area contributed by atoms with Gasteiger partial charge < -0.3 is 10.6 Å². The van der Waals surface area contributed by atoms with Crippen molar-refractivity contribution in [2.24, 2.45) is 0 Å². The van der Waals surface area contributed by atoms with Gasteiger partial charge in [0, 0.05) is 15.5 Å². The second kappa shape index (κ2) is 11.1. The van der Waals surface area contributed by atoms with E-state index >= 15 is 0 Å². The summed E-state index contributed by atoms with van der Waals surface area (Å²) in [5.41, 5.74) is 3.71. The largest absolute Gasteiger partial charge is 0.321 e. The summed E-state index contributed by atoms with van der Waals surface area (Å²) < 4.78 is 0. The van der Waals surface area contributed by atoms with Crippen molar-refractivity contribution in [3.63, 3.8) is 0 Å². The molecule has 0 fully saturated rings. The lowest BCUT2D eigenvalue weighted by molar-refractivity contribution is -0.113. The van der Waals surface area contributed by atoms with Crippen LogP contribution >= 0.6 is 34.4 Å². The molecule has 5 rings (SSSR count). The Morgan fingerprint density at radius 3 is 2.69 bits per heavy atom. The third-order valence-corrected chi connectivity index (χ3v) is 9.14. The molecule has 0 saturated carbocycles. The van der Waals surface area contributed by atoms with E-state index in [1.165, 1.54) is 44.9 Å². The van der Waals surface area contributed by atoms with Crippen LogP contribution in [-0.2, 0) is 17.6 Å². The van der Waals surface area contributed by atoms with Crippen LogP contribution in [0.25, 0.3) is 0 Å². The van der Waals surface area contributed by atoms with Gasteiger partial charge in [-0.25, -0.2) is 0 Å². The molecule has 1 unspecified atom stereocenters. The molecule has 0 bridgehead atoms. The average Bonchev–Trinajstić information content (AvgIpc) is 3.56. The molecule has 0 aliphatic heterocycles. The van der Waals surface area contributed by atoms with Crippen LogP contribution in [0.3, 0.4) is 0 Å². The molecule has 2 amide bonds. The molecule has 0 saturated heterocycles. The number of carbonyl (C=O) groups excluding carboxylic acids is 2. The quantitative estimate of drug-likeness (QED) is 0.254. The van der Waals surface area contributed by atoms with Crippen molar-refractivity contribution in [3.05, 3.63) is 98.6 Å². The molecule has 1 atom stereocenters. The van der Waals surface area contributed by atoms with Crippen molar-refractivity contribution in [3.8, 4) is 6.07 Å². The molecule has 8 heteroatoms. The Morgan fingerprint density at radius 2 is 1.92 bits per heavy atom. The van der Waals surface area contributed by atoms with Crippen LogP contribution in [0.15, 0.2) is 77.0 Å². The number of amides is 2. The summed E-state index contributed by atoms with van der Waals surface area (Å²) in [7, 11) is 0. The van der Waals surface area contributed by atoms with Crippen LogP contribution in [0.1, 0.15) is 43.6 Å². The fraction of sp³-hybridized carbons (Fsp3) is 0.179.